The quantitative estimate of drug-likeness (QED) is 0.0909. The highest BCUT2D eigenvalue weighted by atomic mass is 16.6. The zero-order chi connectivity index (χ0) is 43.5. The monoisotopic (exact) mass is 833 g/mol. The van der Waals surface area contributed by atoms with Crippen molar-refractivity contribution in [1.29, 1.82) is 0 Å². The van der Waals surface area contributed by atoms with Crippen molar-refractivity contribution in [2.75, 3.05) is 24.7 Å². The first-order valence-electron chi connectivity index (χ1n) is 20.1. The van der Waals surface area contributed by atoms with E-state index >= 15 is 4.79 Å². The largest absolute Gasteiger partial charge is 0.491 e. The van der Waals surface area contributed by atoms with E-state index in [1.807, 2.05) is 91.0 Å². The summed E-state index contributed by atoms with van der Waals surface area (Å²) < 4.78 is 12.2. The topological polar surface area (TPSA) is 201 Å². The van der Waals surface area contributed by atoms with Gasteiger partial charge in [-0.05, 0) is 65.1 Å². The number of aliphatic hydroxyl groups is 1. The summed E-state index contributed by atoms with van der Waals surface area (Å²) in [6.45, 7) is 1.32. The number of nitrogens with zero attached hydrogens (tertiary/aromatic N) is 2. The van der Waals surface area contributed by atoms with E-state index in [1.165, 1.54) is 6.07 Å². The van der Waals surface area contributed by atoms with Crippen molar-refractivity contribution in [3.63, 3.8) is 0 Å². The molecule has 0 bridgehead atoms. The highest BCUT2D eigenvalue weighted by Gasteiger charge is 2.76. The third-order valence-corrected chi connectivity index (χ3v) is 11.7. The second kappa shape index (κ2) is 17.3. The van der Waals surface area contributed by atoms with E-state index in [9.17, 15) is 29.4 Å². The number of primary amides is 1. The van der Waals surface area contributed by atoms with Crippen LogP contribution < -0.4 is 26.0 Å². The second-order valence-corrected chi connectivity index (χ2v) is 15.2. The van der Waals surface area contributed by atoms with Crippen molar-refractivity contribution in [3.8, 4) is 17.6 Å². The highest BCUT2D eigenvalue weighted by Crippen LogP contribution is 2.66. The minimum absolute atomic E-state index is 0.0552. The van der Waals surface area contributed by atoms with Crippen LogP contribution in [0.1, 0.15) is 64.5 Å². The van der Waals surface area contributed by atoms with Crippen LogP contribution in [0.4, 0.5) is 15.3 Å². The predicted octanol–water partition coefficient (Wildman–Crippen LogP) is 5.30. The molecule has 314 valence electrons. The predicted molar refractivity (Wildman–Crippen MR) is 226 cm³/mol. The molecule has 3 aliphatic rings. The lowest BCUT2D eigenvalue weighted by Gasteiger charge is -2.46. The van der Waals surface area contributed by atoms with Crippen LogP contribution in [0.5, 0.6) is 5.75 Å². The number of nitrogens with one attached hydrogen (secondary N) is 2. The Morgan fingerprint density at radius 1 is 0.855 bits per heavy atom. The van der Waals surface area contributed by atoms with Crippen LogP contribution in [-0.2, 0) is 24.5 Å². The molecule has 3 heterocycles. The molecule has 14 nitrogen and oxygen atoms in total. The lowest BCUT2D eigenvalue weighted by Crippen LogP contribution is -2.54. The fourth-order valence-electron chi connectivity index (χ4n) is 9.26. The number of rotatable bonds is 10. The molecule has 5 aromatic rings. The number of carbonyl (C=O) groups excluding carboxylic acids is 4. The maximum atomic E-state index is 16.1. The van der Waals surface area contributed by atoms with E-state index < -0.39 is 71.5 Å². The Hall–Kier alpha value is -7.47. The van der Waals surface area contributed by atoms with Crippen LogP contribution in [-0.4, -0.2) is 70.8 Å². The molecule has 0 aromatic heterocycles. The lowest BCUT2D eigenvalue weighted by atomic mass is 9.65. The van der Waals surface area contributed by atoms with E-state index in [0.29, 0.717) is 28.0 Å². The molecule has 5 amide bonds. The van der Waals surface area contributed by atoms with Crippen molar-refractivity contribution in [1.82, 2.24) is 15.5 Å². The number of hydrogen-bond donors (Lipinski definition) is 5. The van der Waals surface area contributed by atoms with Gasteiger partial charge in [0.2, 0.25) is 5.91 Å². The summed E-state index contributed by atoms with van der Waals surface area (Å²) in [5.41, 5.74) is 6.11. The Morgan fingerprint density at radius 2 is 1.52 bits per heavy atom. The number of urea groups is 2. The van der Waals surface area contributed by atoms with Crippen LogP contribution >= 0.6 is 0 Å². The summed E-state index contributed by atoms with van der Waals surface area (Å²) in [7, 11) is 0. The summed E-state index contributed by atoms with van der Waals surface area (Å²) in [4.78, 5) is 74.0. The summed E-state index contributed by atoms with van der Waals surface area (Å²) in [5.74, 6) is 1.06. The van der Waals surface area contributed by atoms with Crippen molar-refractivity contribution < 1.29 is 43.7 Å². The van der Waals surface area contributed by atoms with Crippen LogP contribution in [0.15, 0.2) is 133 Å². The average molecular weight is 834 g/mol. The number of carboxylic acids is 1. The van der Waals surface area contributed by atoms with Gasteiger partial charge < -0.3 is 36.1 Å². The number of aliphatic hydroxyl groups excluding tert-OH is 1. The molecule has 1 spiro atoms. The maximum absolute atomic E-state index is 16.1. The minimum atomic E-state index is -2.20. The second-order valence-electron chi connectivity index (χ2n) is 15.2. The van der Waals surface area contributed by atoms with E-state index in [-0.39, 0.29) is 31.0 Å². The third-order valence-electron chi connectivity index (χ3n) is 11.7. The number of aliphatic carboxylic acids is 1. The number of morpholine rings is 1. The van der Waals surface area contributed by atoms with Crippen molar-refractivity contribution in [2.24, 2.45) is 11.7 Å². The third kappa shape index (κ3) is 7.27. The van der Waals surface area contributed by atoms with E-state index in [0.717, 1.165) is 10.5 Å². The molecule has 14 heteroatoms. The first kappa shape index (κ1) is 41.3. The number of carbonyl (C=O) groups is 5. The molecule has 7 atom stereocenters. The van der Waals surface area contributed by atoms with Crippen molar-refractivity contribution in [3.05, 3.63) is 167 Å². The van der Waals surface area contributed by atoms with E-state index in [1.54, 1.807) is 48.2 Å². The Bertz CT molecular complexity index is 2580. The van der Waals surface area contributed by atoms with Crippen LogP contribution in [0.2, 0.25) is 0 Å². The molecule has 6 N–H and O–H groups in total. The van der Waals surface area contributed by atoms with Gasteiger partial charge >= 0.3 is 24.0 Å². The number of hydrogen-bond acceptors (Lipinski definition) is 9. The van der Waals surface area contributed by atoms with E-state index in [2.05, 4.69) is 22.5 Å². The molecule has 1 unspecified atom stereocenters. The van der Waals surface area contributed by atoms with Crippen LogP contribution in [0.25, 0.3) is 0 Å². The number of cyclic esters (lactones) is 1. The zero-order valence-corrected chi connectivity index (χ0v) is 33.5. The lowest BCUT2D eigenvalue weighted by molar-refractivity contribution is -0.179. The summed E-state index contributed by atoms with van der Waals surface area (Å²) in [6.07, 6.45) is -0.972. The molecular weight excluding hydrogens is 791 g/mol. The van der Waals surface area contributed by atoms with Gasteiger partial charge in [0.25, 0.3) is 0 Å². The van der Waals surface area contributed by atoms with Crippen LogP contribution in [0.3, 0.4) is 0 Å². The van der Waals surface area contributed by atoms with Gasteiger partial charge in [-0.25, -0.2) is 14.5 Å². The van der Waals surface area contributed by atoms with Gasteiger partial charge in [0, 0.05) is 5.56 Å². The summed E-state index contributed by atoms with van der Waals surface area (Å²) in [6, 6.07) is 33.0. The highest BCUT2D eigenvalue weighted by molar-refractivity contribution is 6.24. The molecule has 0 aliphatic carbocycles. The Balaban J connectivity index is 1.41. The summed E-state index contributed by atoms with van der Waals surface area (Å²) >= 11 is 0. The Kier molecular flexibility index (Phi) is 11.5. The Labute approximate surface area is 357 Å². The first-order valence-corrected chi connectivity index (χ1v) is 20.1. The summed E-state index contributed by atoms with van der Waals surface area (Å²) in [5, 5.41) is 26.6. The van der Waals surface area contributed by atoms with Gasteiger partial charge in [-0.15, -0.1) is 0 Å². The van der Waals surface area contributed by atoms with Gasteiger partial charge in [-0.3, -0.25) is 19.3 Å². The van der Waals surface area contributed by atoms with Gasteiger partial charge in [-0.1, -0.05) is 115 Å². The fraction of sp³-hybridized carbons (Fsp3) is 0.229. The smallest absolute Gasteiger partial charge is 0.329 e. The molecular formula is C48H43N5O9. The normalized spacial score (nSPS) is 23.0. The zero-order valence-electron chi connectivity index (χ0n) is 33.5. The standard InChI is InChI=1S/C48H43N5O9/c1-29(31-14-5-2-6-15-31)51-47(60)52-37-23-22-30(13-12-24-50-46(49)59)27-36(37)48(45(52)58)38(43(55)56)40-44(57)62-41(33-18-9-4-10-19-33)39(32-16-7-3-8-17-32)53(40)42(48)34-20-11-21-35(28-34)61-26-25-54/h2-11,14-23,27-29,38-42,54H,24-26H2,1H3,(H,51,60)(H,55,56)(H3,49,50,59)/t29-,38-,39-,40?,41+,42+,48-/m1/s1. The number of benzene rings is 5. The van der Waals surface area contributed by atoms with Crippen molar-refractivity contribution >= 4 is 35.6 Å². The van der Waals surface area contributed by atoms with Crippen LogP contribution in [0, 0.1) is 17.8 Å². The molecule has 2 saturated heterocycles. The van der Waals surface area contributed by atoms with E-state index in [4.69, 9.17) is 15.2 Å². The number of nitrogens with two attached hydrogens (primary N) is 1. The number of carboxylic acid groups (broad SMARTS) is 1. The molecule has 0 radical (unpaired) electrons. The average Bonchev–Trinajstić information content (AvgIpc) is 3.74. The number of anilines is 1. The number of amides is 5. The number of esters is 1. The number of fused-ring (bicyclic) bond motifs is 3. The van der Waals surface area contributed by atoms with Gasteiger partial charge in [0.1, 0.15) is 35.8 Å². The minimum Gasteiger partial charge on any atom is -0.491 e. The van der Waals surface area contributed by atoms with Gasteiger partial charge in [0.15, 0.2) is 0 Å². The molecule has 3 aliphatic heterocycles. The number of imide groups is 1. The van der Waals surface area contributed by atoms with Gasteiger partial charge in [-0.2, -0.15) is 0 Å². The SMILES string of the molecule is C[C@@H](NC(=O)N1C(=O)[C@@]2(c3cc(C#CCNC(N)=O)ccc31)[C@H](c1cccc(OCCO)c1)N1C(C(=O)O[C@@H](c3ccccc3)[C@H]1c1ccccc1)[C@@H]2C(=O)O)c1ccccc1. The van der Waals surface area contributed by atoms with Crippen molar-refractivity contribution in [2.45, 2.75) is 42.6 Å². The fourth-order valence-corrected chi connectivity index (χ4v) is 9.26. The molecule has 62 heavy (non-hydrogen) atoms. The first-order chi connectivity index (χ1) is 30.1. The Morgan fingerprint density at radius 3 is 2.18 bits per heavy atom. The maximum Gasteiger partial charge on any atom is 0.329 e. The van der Waals surface area contributed by atoms with Gasteiger partial charge in [0.05, 0.1) is 37.0 Å². The molecule has 0 saturated carbocycles. The number of ether oxygens (including phenoxy) is 2. The molecule has 8 rings (SSSR count). The molecule has 5 aromatic carbocycles. The molecule has 2 fully saturated rings.